The molecule has 0 amide bonds. The minimum Gasteiger partial charge on any atom is -0.476 e. The number of rotatable bonds is 3. The molecule has 1 aromatic carbocycles. The van der Waals surface area contributed by atoms with E-state index in [9.17, 15) is 20.0 Å². The van der Waals surface area contributed by atoms with Gasteiger partial charge in [-0.05, 0) is 25.5 Å². The Balaban J connectivity index is 2.34. The predicted molar refractivity (Wildman–Crippen MR) is 83.7 cm³/mol. The van der Waals surface area contributed by atoms with Crippen LogP contribution in [0.2, 0.25) is 0 Å². The van der Waals surface area contributed by atoms with Crippen molar-refractivity contribution < 1.29 is 14.8 Å². The van der Waals surface area contributed by atoms with Crippen molar-refractivity contribution >= 4 is 17.3 Å². The SMILES string of the molecule is Cc1ccc(-c2nc3c(C)cccn3c2C(=O)O)cc1[N+](=O)[O-]. The Morgan fingerprint density at radius 2 is 2.00 bits per heavy atom. The lowest BCUT2D eigenvalue weighted by Gasteiger charge is -2.02. The fourth-order valence-corrected chi connectivity index (χ4v) is 2.56. The molecule has 0 aliphatic carbocycles. The van der Waals surface area contributed by atoms with E-state index in [4.69, 9.17) is 0 Å². The van der Waals surface area contributed by atoms with Gasteiger partial charge in [-0.1, -0.05) is 18.2 Å². The van der Waals surface area contributed by atoms with Crippen LogP contribution in [0.1, 0.15) is 21.6 Å². The van der Waals surface area contributed by atoms with Gasteiger partial charge in [0.15, 0.2) is 5.69 Å². The van der Waals surface area contributed by atoms with Crippen molar-refractivity contribution in [3.63, 3.8) is 0 Å². The number of benzene rings is 1. The monoisotopic (exact) mass is 311 g/mol. The van der Waals surface area contributed by atoms with Crippen LogP contribution in [-0.2, 0) is 0 Å². The number of hydrogen-bond donors (Lipinski definition) is 1. The van der Waals surface area contributed by atoms with Gasteiger partial charge < -0.3 is 5.11 Å². The summed E-state index contributed by atoms with van der Waals surface area (Å²) >= 11 is 0. The maximum Gasteiger partial charge on any atom is 0.355 e. The van der Waals surface area contributed by atoms with Crippen molar-refractivity contribution in [3.05, 3.63) is 63.5 Å². The molecule has 2 heterocycles. The largest absolute Gasteiger partial charge is 0.476 e. The van der Waals surface area contributed by atoms with Crippen molar-refractivity contribution in [2.75, 3.05) is 0 Å². The second-order valence-corrected chi connectivity index (χ2v) is 5.26. The number of hydrogen-bond acceptors (Lipinski definition) is 4. The van der Waals surface area contributed by atoms with E-state index < -0.39 is 10.9 Å². The highest BCUT2D eigenvalue weighted by Crippen LogP contribution is 2.30. The van der Waals surface area contributed by atoms with Crippen LogP contribution in [0, 0.1) is 24.0 Å². The van der Waals surface area contributed by atoms with E-state index in [-0.39, 0.29) is 17.1 Å². The van der Waals surface area contributed by atoms with Crippen molar-refractivity contribution in [1.29, 1.82) is 0 Å². The molecule has 0 aliphatic rings. The molecule has 0 radical (unpaired) electrons. The Morgan fingerprint density at radius 1 is 1.26 bits per heavy atom. The molecule has 0 aliphatic heterocycles. The third kappa shape index (κ3) is 2.32. The first kappa shape index (κ1) is 14.7. The number of nitro groups is 1. The minimum atomic E-state index is -1.14. The van der Waals surface area contributed by atoms with E-state index in [0.717, 1.165) is 5.56 Å². The smallest absolute Gasteiger partial charge is 0.355 e. The number of nitro benzene ring substituents is 1. The number of aromatic nitrogens is 2. The lowest BCUT2D eigenvalue weighted by atomic mass is 10.1. The van der Waals surface area contributed by atoms with Gasteiger partial charge in [-0.25, -0.2) is 9.78 Å². The summed E-state index contributed by atoms with van der Waals surface area (Å²) in [6.07, 6.45) is 1.62. The summed E-state index contributed by atoms with van der Waals surface area (Å²) in [5.74, 6) is -1.14. The summed E-state index contributed by atoms with van der Waals surface area (Å²) in [5.41, 5.74) is 2.40. The van der Waals surface area contributed by atoms with Gasteiger partial charge in [-0.3, -0.25) is 14.5 Å². The summed E-state index contributed by atoms with van der Waals surface area (Å²) in [7, 11) is 0. The lowest BCUT2D eigenvalue weighted by molar-refractivity contribution is -0.385. The van der Waals surface area contributed by atoms with E-state index in [1.54, 1.807) is 31.3 Å². The van der Waals surface area contributed by atoms with Gasteiger partial charge in [-0.2, -0.15) is 0 Å². The third-order valence-electron chi connectivity index (χ3n) is 3.73. The molecule has 0 spiro atoms. The molecule has 0 fully saturated rings. The molecule has 3 aromatic rings. The van der Waals surface area contributed by atoms with Crippen LogP contribution in [0.25, 0.3) is 16.9 Å². The van der Waals surface area contributed by atoms with Crippen LogP contribution in [-0.4, -0.2) is 25.4 Å². The summed E-state index contributed by atoms with van der Waals surface area (Å²) in [6.45, 7) is 3.46. The Labute approximate surface area is 131 Å². The molecule has 1 N–H and O–H groups in total. The third-order valence-corrected chi connectivity index (χ3v) is 3.73. The standard InChI is InChI=1S/C16H13N3O4/c1-9-5-6-11(8-12(9)19(22)23)13-14(16(20)21)18-7-3-4-10(2)15(18)17-13/h3-8H,1-2H3,(H,20,21). The Kier molecular flexibility index (Phi) is 3.33. The highest BCUT2D eigenvalue weighted by molar-refractivity contribution is 5.95. The Morgan fingerprint density at radius 3 is 2.65 bits per heavy atom. The molecular weight excluding hydrogens is 298 g/mol. The number of aryl methyl sites for hydroxylation is 2. The average Bonchev–Trinajstić information content (AvgIpc) is 2.88. The first-order valence-corrected chi connectivity index (χ1v) is 6.86. The van der Waals surface area contributed by atoms with Crippen LogP contribution in [0.3, 0.4) is 0 Å². The predicted octanol–water partition coefficient (Wildman–Crippen LogP) is 3.22. The topological polar surface area (TPSA) is 97.7 Å². The molecule has 0 saturated carbocycles. The summed E-state index contributed by atoms with van der Waals surface area (Å²) < 4.78 is 1.48. The number of nitrogens with zero attached hydrogens (tertiary/aromatic N) is 3. The molecular formula is C16H13N3O4. The maximum absolute atomic E-state index is 11.7. The van der Waals surface area contributed by atoms with Crippen LogP contribution in [0.15, 0.2) is 36.5 Å². The highest BCUT2D eigenvalue weighted by atomic mass is 16.6. The second kappa shape index (κ2) is 5.20. The van der Waals surface area contributed by atoms with E-state index in [2.05, 4.69) is 4.98 Å². The van der Waals surface area contributed by atoms with E-state index >= 15 is 0 Å². The summed E-state index contributed by atoms with van der Waals surface area (Å²) in [4.78, 5) is 26.7. The molecule has 7 heteroatoms. The number of pyridine rings is 1. The number of aromatic carboxylic acids is 1. The maximum atomic E-state index is 11.7. The van der Waals surface area contributed by atoms with Gasteiger partial charge in [0.25, 0.3) is 5.69 Å². The van der Waals surface area contributed by atoms with Crippen molar-refractivity contribution in [1.82, 2.24) is 9.38 Å². The van der Waals surface area contributed by atoms with Gasteiger partial charge >= 0.3 is 5.97 Å². The van der Waals surface area contributed by atoms with Gasteiger partial charge in [0.1, 0.15) is 11.3 Å². The average molecular weight is 311 g/mol. The van der Waals surface area contributed by atoms with Gasteiger partial charge in [0, 0.05) is 23.4 Å². The molecule has 2 aromatic heterocycles. The normalized spacial score (nSPS) is 10.9. The number of carbonyl (C=O) groups is 1. The van der Waals surface area contributed by atoms with Crippen LogP contribution in [0.4, 0.5) is 5.69 Å². The molecule has 0 unspecified atom stereocenters. The molecule has 23 heavy (non-hydrogen) atoms. The zero-order chi connectivity index (χ0) is 16.7. The second-order valence-electron chi connectivity index (χ2n) is 5.26. The number of carboxylic acids is 1. The minimum absolute atomic E-state index is 0.0122. The first-order valence-electron chi connectivity index (χ1n) is 6.86. The molecule has 0 saturated heterocycles. The van der Waals surface area contributed by atoms with E-state index in [1.807, 2.05) is 13.0 Å². The van der Waals surface area contributed by atoms with Crippen LogP contribution < -0.4 is 0 Å². The number of fused-ring (bicyclic) bond motifs is 1. The number of imidazole rings is 1. The van der Waals surface area contributed by atoms with Gasteiger partial charge in [0.2, 0.25) is 0 Å². The summed E-state index contributed by atoms with van der Waals surface area (Å²) in [6, 6.07) is 8.16. The van der Waals surface area contributed by atoms with Gasteiger partial charge in [0.05, 0.1) is 4.92 Å². The molecule has 7 nitrogen and oxygen atoms in total. The van der Waals surface area contributed by atoms with Crippen molar-refractivity contribution in [3.8, 4) is 11.3 Å². The quantitative estimate of drug-likeness (QED) is 0.591. The first-order chi connectivity index (χ1) is 10.9. The van der Waals surface area contributed by atoms with E-state index in [1.165, 1.54) is 10.5 Å². The van der Waals surface area contributed by atoms with Crippen LogP contribution >= 0.6 is 0 Å². The fourth-order valence-electron chi connectivity index (χ4n) is 2.56. The lowest BCUT2D eigenvalue weighted by Crippen LogP contribution is -2.04. The zero-order valence-corrected chi connectivity index (χ0v) is 12.5. The molecule has 3 rings (SSSR count). The van der Waals surface area contributed by atoms with Crippen molar-refractivity contribution in [2.24, 2.45) is 0 Å². The number of carboxylic acid groups (broad SMARTS) is 1. The van der Waals surface area contributed by atoms with E-state index in [0.29, 0.717) is 16.8 Å². The highest BCUT2D eigenvalue weighted by Gasteiger charge is 2.22. The zero-order valence-electron chi connectivity index (χ0n) is 12.5. The summed E-state index contributed by atoms with van der Waals surface area (Å²) in [5, 5.41) is 20.7. The Hall–Kier alpha value is -3.22. The van der Waals surface area contributed by atoms with Gasteiger partial charge in [-0.15, -0.1) is 0 Å². The van der Waals surface area contributed by atoms with Crippen molar-refractivity contribution in [2.45, 2.75) is 13.8 Å². The van der Waals surface area contributed by atoms with Crippen LogP contribution in [0.5, 0.6) is 0 Å². The molecule has 0 atom stereocenters. The Bertz CT molecular complexity index is 959. The molecule has 0 bridgehead atoms. The fraction of sp³-hybridized carbons (Fsp3) is 0.125. The molecule has 116 valence electrons.